The lowest BCUT2D eigenvalue weighted by molar-refractivity contribution is -0.924. The lowest BCUT2D eigenvalue weighted by Gasteiger charge is -2.40. The Morgan fingerprint density at radius 2 is 2.00 bits per heavy atom. The van der Waals surface area contributed by atoms with Gasteiger partial charge in [0.15, 0.2) is 0 Å². The zero-order valence-corrected chi connectivity index (χ0v) is 14.3. The van der Waals surface area contributed by atoms with Crippen molar-refractivity contribution in [2.45, 2.75) is 25.4 Å². The van der Waals surface area contributed by atoms with Crippen LogP contribution in [-0.2, 0) is 13.1 Å². The van der Waals surface area contributed by atoms with Crippen LogP contribution in [0.5, 0.6) is 0 Å². The Bertz CT molecular complexity index is 802. The first-order valence-corrected chi connectivity index (χ1v) is 8.83. The maximum absolute atomic E-state index is 12.1. The van der Waals surface area contributed by atoms with E-state index >= 15 is 0 Å². The molecule has 1 aromatic carbocycles. The van der Waals surface area contributed by atoms with E-state index in [0.29, 0.717) is 21.9 Å². The lowest BCUT2D eigenvalue weighted by atomic mass is 9.83. The summed E-state index contributed by atoms with van der Waals surface area (Å²) in [4.78, 5) is 13.6. The molecule has 23 heavy (non-hydrogen) atoms. The maximum atomic E-state index is 12.1. The Balaban J connectivity index is 1.56. The van der Waals surface area contributed by atoms with Gasteiger partial charge in [0.2, 0.25) is 0 Å². The second-order valence-electron chi connectivity index (χ2n) is 6.78. The number of fused-ring (bicyclic) bond motifs is 4. The molecule has 2 aliphatic rings. The molecule has 3 atom stereocenters. The number of nitrogens with one attached hydrogen (secondary N) is 1. The highest BCUT2D eigenvalue weighted by Crippen LogP contribution is 2.30. The minimum Gasteiger partial charge on any atom is -0.330 e. The van der Waals surface area contributed by atoms with Crippen molar-refractivity contribution in [3.63, 3.8) is 0 Å². The fourth-order valence-electron chi connectivity index (χ4n) is 4.20. The molecule has 1 N–H and O–H groups in total. The van der Waals surface area contributed by atoms with Crippen molar-refractivity contribution in [3.05, 3.63) is 68.1 Å². The van der Waals surface area contributed by atoms with E-state index in [-0.39, 0.29) is 5.56 Å². The average molecular weight is 350 g/mol. The van der Waals surface area contributed by atoms with Gasteiger partial charge >= 0.3 is 0 Å². The van der Waals surface area contributed by atoms with Gasteiger partial charge in [-0.15, -0.1) is 0 Å². The smallest absolute Gasteiger partial charge is 0.250 e. The molecule has 0 radical (unpaired) electrons. The van der Waals surface area contributed by atoms with E-state index in [9.17, 15) is 4.79 Å². The molecule has 3 nitrogen and oxygen atoms in total. The molecule has 0 aliphatic carbocycles. The molecule has 4 rings (SSSR count). The van der Waals surface area contributed by atoms with Gasteiger partial charge in [0.25, 0.3) is 5.56 Å². The van der Waals surface area contributed by atoms with E-state index in [1.54, 1.807) is 11.0 Å². The third-order valence-electron chi connectivity index (χ3n) is 5.11. The Morgan fingerprint density at radius 1 is 1.13 bits per heavy atom. The van der Waals surface area contributed by atoms with Gasteiger partial charge in [-0.1, -0.05) is 35.3 Å². The SMILES string of the molecule is O=c1cccc2n1C[C@@H]1C[C@@H]2C[NH+](Cc2ccc(Cl)c(Cl)c2)C1. The van der Waals surface area contributed by atoms with E-state index in [0.717, 1.165) is 26.2 Å². The Morgan fingerprint density at radius 3 is 2.83 bits per heavy atom. The van der Waals surface area contributed by atoms with E-state index in [1.165, 1.54) is 17.7 Å². The summed E-state index contributed by atoms with van der Waals surface area (Å²) < 4.78 is 1.98. The highest BCUT2D eigenvalue weighted by atomic mass is 35.5. The summed E-state index contributed by atoms with van der Waals surface area (Å²) in [5.41, 5.74) is 2.57. The molecule has 1 aromatic heterocycles. The number of piperidine rings is 1. The van der Waals surface area contributed by atoms with Crippen LogP contribution < -0.4 is 10.5 Å². The number of aromatic nitrogens is 1. The molecule has 5 heteroatoms. The largest absolute Gasteiger partial charge is 0.330 e. The van der Waals surface area contributed by atoms with Crippen LogP contribution in [0.1, 0.15) is 23.6 Å². The first-order chi connectivity index (χ1) is 11.1. The molecule has 0 spiro atoms. The number of halogens is 2. The molecular weight excluding hydrogens is 331 g/mol. The number of pyridine rings is 1. The summed E-state index contributed by atoms with van der Waals surface area (Å²) in [5.74, 6) is 1.06. The topological polar surface area (TPSA) is 26.4 Å². The molecule has 2 aliphatic heterocycles. The summed E-state index contributed by atoms with van der Waals surface area (Å²) in [5, 5.41) is 1.23. The normalized spacial score (nSPS) is 25.9. The number of likely N-dealkylation sites (tertiary alicyclic amines) is 1. The molecule has 1 unspecified atom stereocenters. The molecule has 0 saturated carbocycles. The summed E-state index contributed by atoms with van der Waals surface area (Å²) in [6.07, 6.45) is 1.20. The molecule has 0 amide bonds. The Labute approximate surface area is 145 Å². The number of benzene rings is 1. The van der Waals surface area contributed by atoms with Crippen molar-refractivity contribution >= 4 is 23.2 Å². The van der Waals surface area contributed by atoms with Gasteiger partial charge in [-0.3, -0.25) is 4.79 Å². The Hall–Kier alpha value is -1.29. The van der Waals surface area contributed by atoms with Crippen molar-refractivity contribution in [1.82, 2.24) is 4.57 Å². The van der Waals surface area contributed by atoms with Crippen LogP contribution in [0.25, 0.3) is 0 Å². The highest BCUT2D eigenvalue weighted by Gasteiger charge is 2.37. The van der Waals surface area contributed by atoms with Crippen molar-refractivity contribution < 1.29 is 4.90 Å². The average Bonchev–Trinajstić information content (AvgIpc) is 2.52. The molecule has 120 valence electrons. The molecule has 1 fully saturated rings. The van der Waals surface area contributed by atoms with Crippen LogP contribution in [0, 0.1) is 5.92 Å². The van der Waals surface area contributed by atoms with Crippen LogP contribution in [0.2, 0.25) is 10.0 Å². The van der Waals surface area contributed by atoms with E-state index in [2.05, 4.69) is 12.1 Å². The number of nitrogens with zero attached hydrogens (tertiary/aromatic N) is 1. The van der Waals surface area contributed by atoms with Crippen LogP contribution in [0.15, 0.2) is 41.2 Å². The summed E-state index contributed by atoms with van der Waals surface area (Å²) in [6, 6.07) is 11.6. The van der Waals surface area contributed by atoms with E-state index in [1.807, 2.05) is 22.8 Å². The highest BCUT2D eigenvalue weighted by molar-refractivity contribution is 6.42. The van der Waals surface area contributed by atoms with E-state index in [4.69, 9.17) is 23.2 Å². The van der Waals surface area contributed by atoms with Gasteiger partial charge in [-0.2, -0.15) is 0 Å². The predicted molar refractivity (Wildman–Crippen MR) is 92.4 cm³/mol. The minimum absolute atomic E-state index is 0.144. The molecule has 2 bridgehead atoms. The third kappa shape index (κ3) is 2.93. The minimum atomic E-state index is 0.144. The maximum Gasteiger partial charge on any atom is 0.250 e. The van der Waals surface area contributed by atoms with E-state index < -0.39 is 0 Å². The third-order valence-corrected chi connectivity index (χ3v) is 5.85. The number of hydrogen-bond donors (Lipinski definition) is 1. The van der Waals surface area contributed by atoms with Gasteiger partial charge in [-0.25, -0.2) is 0 Å². The standard InChI is InChI=1S/C18H18Cl2N2O/c19-15-5-4-12(7-16(15)20)8-21-9-13-6-14(11-21)17-2-1-3-18(23)22(17)10-13/h1-5,7,13-14H,6,8-11H2/p+1/t13-,14-/m1/s1. The van der Waals surface area contributed by atoms with Crippen LogP contribution in [0.3, 0.4) is 0 Å². The predicted octanol–water partition coefficient (Wildman–Crippen LogP) is 2.36. The second-order valence-corrected chi connectivity index (χ2v) is 7.60. The monoisotopic (exact) mass is 349 g/mol. The van der Waals surface area contributed by atoms with Crippen LogP contribution >= 0.6 is 23.2 Å². The van der Waals surface area contributed by atoms with Gasteiger partial charge in [0.05, 0.1) is 23.1 Å². The van der Waals surface area contributed by atoms with Crippen LogP contribution in [-0.4, -0.2) is 17.7 Å². The zero-order valence-electron chi connectivity index (χ0n) is 12.8. The fourth-order valence-corrected chi connectivity index (χ4v) is 4.52. The molecule has 2 aromatic rings. The first-order valence-electron chi connectivity index (χ1n) is 8.07. The van der Waals surface area contributed by atoms with Crippen molar-refractivity contribution in [2.75, 3.05) is 13.1 Å². The number of quaternary nitrogens is 1. The summed E-state index contributed by atoms with van der Waals surface area (Å²) in [7, 11) is 0. The Kier molecular flexibility index (Phi) is 3.96. The molecular formula is C18H19Cl2N2O+. The zero-order chi connectivity index (χ0) is 16.0. The summed E-state index contributed by atoms with van der Waals surface area (Å²) in [6.45, 7) is 4.00. The van der Waals surface area contributed by atoms with Crippen molar-refractivity contribution in [1.29, 1.82) is 0 Å². The molecule has 1 saturated heterocycles. The van der Waals surface area contributed by atoms with Gasteiger partial charge in [0.1, 0.15) is 6.54 Å². The first kappa shape index (κ1) is 15.3. The lowest BCUT2D eigenvalue weighted by Crippen LogP contribution is -3.13. The number of hydrogen-bond acceptors (Lipinski definition) is 1. The second kappa shape index (κ2) is 5.97. The van der Waals surface area contributed by atoms with Crippen molar-refractivity contribution in [3.8, 4) is 0 Å². The van der Waals surface area contributed by atoms with Crippen molar-refractivity contribution in [2.24, 2.45) is 5.92 Å². The summed E-state index contributed by atoms with van der Waals surface area (Å²) >= 11 is 12.1. The quantitative estimate of drug-likeness (QED) is 0.884. The van der Waals surface area contributed by atoms with Gasteiger partial charge < -0.3 is 9.47 Å². The number of rotatable bonds is 2. The van der Waals surface area contributed by atoms with Gasteiger partial charge in [-0.05, 0) is 24.6 Å². The molecule has 3 heterocycles. The van der Waals surface area contributed by atoms with Crippen LogP contribution in [0.4, 0.5) is 0 Å². The fraction of sp³-hybridized carbons (Fsp3) is 0.389. The van der Waals surface area contributed by atoms with Gasteiger partial charge in [0, 0.05) is 35.7 Å².